The predicted molar refractivity (Wildman–Crippen MR) is 136 cm³/mol. The molecule has 0 unspecified atom stereocenters. The van der Waals surface area contributed by atoms with Crippen LogP contribution in [0.15, 0.2) is 18.2 Å². The molecule has 0 spiro atoms. The van der Waals surface area contributed by atoms with Crippen LogP contribution in [-0.4, -0.2) is 45.9 Å². The van der Waals surface area contributed by atoms with E-state index in [0.717, 1.165) is 11.1 Å². The molecule has 2 amide bonds. The summed E-state index contributed by atoms with van der Waals surface area (Å²) >= 11 is 1.26. The highest BCUT2D eigenvalue weighted by Crippen LogP contribution is 2.35. The van der Waals surface area contributed by atoms with Crippen molar-refractivity contribution in [2.75, 3.05) is 17.6 Å². The number of unbranched alkanes of at least 4 members (excludes halogenated alkanes) is 1. The molecule has 1 aromatic heterocycles. The average Bonchev–Trinajstić information content (AvgIpc) is 3.14. The Morgan fingerprint density at radius 2 is 2.03 bits per heavy atom. The lowest BCUT2D eigenvalue weighted by molar-refractivity contribution is -0.127. The van der Waals surface area contributed by atoms with Gasteiger partial charge in [0.15, 0.2) is 5.01 Å². The molecule has 32 heavy (non-hydrogen) atoms. The van der Waals surface area contributed by atoms with Crippen LogP contribution in [0.1, 0.15) is 45.0 Å². The fourth-order valence-electron chi connectivity index (χ4n) is 2.68. The van der Waals surface area contributed by atoms with Crippen molar-refractivity contribution in [2.24, 2.45) is 11.5 Å². The second kappa shape index (κ2) is 12.4. The van der Waals surface area contributed by atoms with Crippen molar-refractivity contribution >= 4 is 60.6 Å². The number of fused-ring (bicyclic) bond motifs is 1. The Balaban J connectivity index is 2.02. The molecule has 1 heterocycles. The summed E-state index contributed by atoms with van der Waals surface area (Å²) in [6.07, 6.45) is 1.93. The highest BCUT2D eigenvalue weighted by Gasteiger charge is 2.24. The number of benzene rings is 1. The standard InChI is InChI=1S/C21H30N6O2S3/c1-21(2,3)32-30-12-14(24)19(28)27-16(6-4-5-9-22)20(29)25-13-7-8-15-17(10-13)31-18(11-23)26-15/h7-8,10,14,16H,4-6,9,12,22,24H2,1-3H3,(H,25,29)(H,27,28)/t14-,16-/m0/s1. The van der Waals surface area contributed by atoms with Gasteiger partial charge in [-0.1, -0.05) is 42.4 Å². The molecule has 1 aromatic carbocycles. The van der Waals surface area contributed by atoms with Gasteiger partial charge in [0.05, 0.1) is 16.3 Å². The van der Waals surface area contributed by atoms with Crippen LogP contribution in [0.25, 0.3) is 10.2 Å². The Bertz CT molecular complexity index is 967. The topological polar surface area (TPSA) is 147 Å². The van der Waals surface area contributed by atoms with E-state index in [9.17, 15) is 9.59 Å². The third-order valence-corrected chi connectivity index (χ3v) is 8.52. The summed E-state index contributed by atoms with van der Waals surface area (Å²) in [4.78, 5) is 29.7. The zero-order valence-electron chi connectivity index (χ0n) is 18.5. The lowest BCUT2D eigenvalue weighted by Gasteiger charge is -2.21. The van der Waals surface area contributed by atoms with Crippen molar-refractivity contribution < 1.29 is 9.59 Å². The molecule has 2 aromatic rings. The molecule has 2 rings (SSSR count). The second-order valence-electron chi connectivity index (χ2n) is 8.23. The van der Waals surface area contributed by atoms with Crippen LogP contribution in [0.3, 0.4) is 0 Å². The molecule has 0 fully saturated rings. The molecule has 0 aliphatic heterocycles. The van der Waals surface area contributed by atoms with E-state index >= 15 is 0 Å². The Morgan fingerprint density at radius 1 is 1.28 bits per heavy atom. The molecule has 8 nitrogen and oxygen atoms in total. The number of hydrogen-bond acceptors (Lipinski definition) is 9. The van der Waals surface area contributed by atoms with E-state index in [4.69, 9.17) is 16.7 Å². The molecule has 174 valence electrons. The van der Waals surface area contributed by atoms with Crippen molar-refractivity contribution in [2.45, 2.75) is 56.9 Å². The number of carbonyl (C=O) groups excluding carboxylic acids is 2. The maximum atomic E-state index is 12.9. The van der Waals surface area contributed by atoms with E-state index in [1.807, 2.05) is 6.07 Å². The fourth-order valence-corrected chi connectivity index (χ4v) is 5.91. The molecule has 2 atom stereocenters. The van der Waals surface area contributed by atoms with E-state index in [-0.39, 0.29) is 16.6 Å². The first-order valence-corrected chi connectivity index (χ1v) is 13.4. The van der Waals surface area contributed by atoms with Crippen LogP contribution in [0.4, 0.5) is 5.69 Å². The smallest absolute Gasteiger partial charge is 0.246 e. The largest absolute Gasteiger partial charge is 0.343 e. The van der Waals surface area contributed by atoms with Gasteiger partial charge in [-0.25, -0.2) is 4.98 Å². The molecule has 0 radical (unpaired) electrons. The summed E-state index contributed by atoms with van der Waals surface area (Å²) < 4.78 is 0.872. The zero-order chi connectivity index (χ0) is 23.7. The Labute approximate surface area is 200 Å². The van der Waals surface area contributed by atoms with Gasteiger partial charge in [0.1, 0.15) is 12.1 Å². The number of thiazole rings is 1. The molecule has 0 saturated heterocycles. The number of amides is 2. The highest BCUT2D eigenvalue weighted by molar-refractivity contribution is 8.77. The minimum absolute atomic E-state index is 0.0682. The van der Waals surface area contributed by atoms with E-state index in [0.29, 0.717) is 41.4 Å². The van der Waals surface area contributed by atoms with Crippen LogP contribution < -0.4 is 22.1 Å². The van der Waals surface area contributed by atoms with Crippen molar-refractivity contribution in [1.82, 2.24) is 10.3 Å². The normalized spacial score (nSPS) is 13.4. The van der Waals surface area contributed by atoms with Crippen molar-refractivity contribution in [3.8, 4) is 6.07 Å². The SMILES string of the molecule is CC(C)(C)SSC[C@H](N)C(=O)N[C@@H](CCCCN)C(=O)Nc1ccc2nc(C#N)sc2c1. The highest BCUT2D eigenvalue weighted by atomic mass is 33.1. The average molecular weight is 495 g/mol. The van der Waals surface area contributed by atoms with Gasteiger partial charge in [-0.2, -0.15) is 5.26 Å². The molecule has 11 heteroatoms. The maximum absolute atomic E-state index is 12.9. The number of rotatable bonds is 11. The monoisotopic (exact) mass is 494 g/mol. The molecular formula is C21H30N6O2S3. The van der Waals surface area contributed by atoms with E-state index in [1.165, 1.54) is 11.3 Å². The minimum Gasteiger partial charge on any atom is -0.343 e. The van der Waals surface area contributed by atoms with Crippen LogP contribution in [-0.2, 0) is 9.59 Å². The Kier molecular flexibility index (Phi) is 10.2. The zero-order valence-corrected chi connectivity index (χ0v) is 21.0. The summed E-state index contributed by atoms with van der Waals surface area (Å²) in [5, 5.41) is 15.0. The molecule has 0 bridgehead atoms. The maximum Gasteiger partial charge on any atom is 0.246 e. The number of nitrogens with two attached hydrogens (primary N) is 2. The number of anilines is 1. The summed E-state index contributed by atoms with van der Waals surface area (Å²) in [6.45, 7) is 6.81. The van der Waals surface area contributed by atoms with Crippen molar-refractivity contribution in [3.05, 3.63) is 23.2 Å². The lowest BCUT2D eigenvalue weighted by Crippen LogP contribution is -2.50. The van der Waals surface area contributed by atoms with Gasteiger partial charge in [0.2, 0.25) is 11.8 Å². The van der Waals surface area contributed by atoms with Gasteiger partial charge in [-0.05, 0) is 44.0 Å². The predicted octanol–water partition coefficient (Wildman–Crippen LogP) is 3.23. The quantitative estimate of drug-likeness (QED) is 0.275. The summed E-state index contributed by atoms with van der Waals surface area (Å²) in [7, 11) is 3.21. The molecule has 0 aliphatic carbocycles. The van der Waals surface area contributed by atoms with Gasteiger partial charge in [0.25, 0.3) is 0 Å². The molecule has 6 N–H and O–H groups in total. The first-order valence-electron chi connectivity index (χ1n) is 10.3. The second-order valence-corrected chi connectivity index (χ2v) is 12.4. The molecular weight excluding hydrogens is 464 g/mol. The molecule has 0 saturated carbocycles. The van der Waals surface area contributed by atoms with E-state index in [1.54, 1.807) is 39.8 Å². The number of aromatic nitrogens is 1. The third kappa shape index (κ3) is 8.60. The summed E-state index contributed by atoms with van der Waals surface area (Å²) in [6, 6.07) is 5.86. The number of carbonyl (C=O) groups is 2. The van der Waals surface area contributed by atoms with Crippen LogP contribution >= 0.6 is 32.9 Å². The van der Waals surface area contributed by atoms with Crippen LogP contribution in [0.2, 0.25) is 0 Å². The van der Waals surface area contributed by atoms with Gasteiger partial charge in [-0.15, -0.1) is 11.3 Å². The number of nitriles is 1. The van der Waals surface area contributed by atoms with Crippen LogP contribution in [0.5, 0.6) is 0 Å². The third-order valence-electron chi connectivity index (χ3n) is 4.22. The van der Waals surface area contributed by atoms with Crippen molar-refractivity contribution in [3.63, 3.8) is 0 Å². The van der Waals surface area contributed by atoms with Crippen LogP contribution in [0, 0.1) is 11.3 Å². The van der Waals surface area contributed by atoms with Crippen molar-refractivity contribution in [1.29, 1.82) is 5.26 Å². The summed E-state index contributed by atoms with van der Waals surface area (Å²) in [5.41, 5.74) is 12.9. The Morgan fingerprint density at radius 3 is 2.69 bits per heavy atom. The Hall–Kier alpha value is -1.84. The van der Waals surface area contributed by atoms with Gasteiger partial charge in [-0.3, -0.25) is 9.59 Å². The fraction of sp³-hybridized carbons (Fsp3) is 0.524. The lowest BCUT2D eigenvalue weighted by atomic mass is 10.1. The van der Waals surface area contributed by atoms with E-state index in [2.05, 4.69) is 36.4 Å². The first kappa shape index (κ1) is 26.4. The van der Waals surface area contributed by atoms with E-state index < -0.39 is 12.1 Å². The number of nitrogens with one attached hydrogen (secondary N) is 2. The number of hydrogen-bond donors (Lipinski definition) is 4. The number of nitrogens with zero attached hydrogens (tertiary/aromatic N) is 2. The summed E-state index contributed by atoms with van der Waals surface area (Å²) in [5.74, 6) is -0.214. The van der Waals surface area contributed by atoms with Gasteiger partial charge in [0, 0.05) is 16.2 Å². The minimum atomic E-state index is -0.716. The van der Waals surface area contributed by atoms with Gasteiger partial charge < -0.3 is 22.1 Å². The first-order chi connectivity index (χ1) is 15.1. The molecule has 0 aliphatic rings. The van der Waals surface area contributed by atoms with Gasteiger partial charge >= 0.3 is 0 Å².